The number of nitrogens with one attached hydrogen (secondary N) is 1. The molecule has 0 aliphatic rings. The lowest BCUT2D eigenvalue weighted by atomic mass is 10.2. The number of amidine groups is 1. The van der Waals surface area contributed by atoms with Crippen LogP contribution in [0, 0.1) is 5.41 Å². The van der Waals surface area contributed by atoms with E-state index in [0.29, 0.717) is 11.3 Å². The SMILES string of the molecule is Cn1ccnc1Sc1ccc(N)c(C(=N)N)c1. The maximum absolute atomic E-state index is 7.43. The summed E-state index contributed by atoms with van der Waals surface area (Å²) in [5.74, 6) is -0.0233. The Labute approximate surface area is 103 Å². The summed E-state index contributed by atoms with van der Waals surface area (Å²) >= 11 is 1.51. The Morgan fingerprint density at radius 2 is 2.24 bits per heavy atom. The molecule has 2 rings (SSSR count). The van der Waals surface area contributed by atoms with Crippen LogP contribution in [0.15, 0.2) is 40.6 Å². The molecule has 0 bridgehead atoms. The largest absolute Gasteiger partial charge is 0.398 e. The predicted octanol–water partition coefficient (Wildman–Crippen LogP) is 1.44. The van der Waals surface area contributed by atoms with Crippen LogP contribution in [0.5, 0.6) is 0 Å². The lowest BCUT2D eigenvalue weighted by molar-refractivity contribution is 0.790. The van der Waals surface area contributed by atoms with E-state index in [0.717, 1.165) is 10.1 Å². The van der Waals surface area contributed by atoms with E-state index in [-0.39, 0.29) is 5.84 Å². The van der Waals surface area contributed by atoms with Gasteiger partial charge in [0.25, 0.3) is 0 Å². The summed E-state index contributed by atoms with van der Waals surface area (Å²) in [4.78, 5) is 5.17. The Bertz CT molecular complexity index is 561. The Kier molecular flexibility index (Phi) is 3.06. The number of benzene rings is 1. The minimum Gasteiger partial charge on any atom is -0.398 e. The topological polar surface area (TPSA) is 93.7 Å². The van der Waals surface area contributed by atoms with Crippen LogP contribution >= 0.6 is 11.8 Å². The summed E-state index contributed by atoms with van der Waals surface area (Å²) in [6, 6.07) is 5.44. The van der Waals surface area contributed by atoms with E-state index in [2.05, 4.69) is 4.98 Å². The molecule has 0 aliphatic carbocycles. The van der Waals surface area contributed by atoms with Crippen molar-refractivity contribution in [1.29, 1.82) is 5.41 Å². The van der Waals surface area contributed by atoms with Crippen molar-refractivity contribution < 1.29 is 0 Å². The molecular formula is C11H13N5S. The molecule has 0 radical (unpaired) electrons. The van der Waals surface area contributed by atoms with Crippen molar-refractivity contribution in [3.05, 3.63) is 36.2 Å². The number of hydrogen-bond acceptors (Lipinski definition) is 4. The molecule has 1 aromatic carbocycles. The summed E-state index contributed by atoms with van der Waals surface area (Å²) in [5.41, 5.74) is 12.3. The first kappa shape index (κ1) is 11.5. The van der Waals surface area contributed by atoms with Crippen molar-refractivity contribution in [3.8, 4) is 0 Å². The van der Waals surface area contributed by atoms with Crippen molar-refractivity contribution >= 4 is 23.3 Å². The van der Waals surface area contributed by atoms with E-state index < -0.39 is 0 Å². The highest BCUT2D eigenvalue weighted by atomic mass is 32.2. The summed E-state index contributed by atoms with van der Waals surface area (Å²) < 4.78 is 1.93. The number of rotatable bonds is 3. The van der Waals surface area contributed by atoms with Gasteiger partial charge in [-0.25, -0.2) is 4.98 Å². The van der Waals surface area contributed by atoms with Crippen LogP contribution < -0.4 is 11.5 Å². The van der Waals surface area contributed by atoms with Crippen LogP contribution in [0.1, 0.15) is 5.56 Å². The van der Waals surface area contributed by atoms with E-state index in [9.17, 15) is 0 Å². The molecule has 1 heterocycles. The Hall–Kier alpha value is -1.95. The van der Waals surface area contributed by atoms with E-state index in [4.69, 9.17) is 16.9 Å². The number of nitrogens with zero attached hydrogens (tertiary/aromatic N) is 2. The monoisotopic (exact) mass is 247 g/mol. The smallest absolute Gasteiger partial charge is 0.172 e. The van der Waals surface area contributed by atoms with E-state index in [1.807, 2.05) is 23.9 Å². The quantitative estimate of drug-likeness (QED) is 0.434. The van der Waals surface area contributed by atoms with Crippen molar-refractivity contribution in [2.45, 2.75) is 10.1 Å². The van der Waals surface area contributed by atoms with Gasteiger partial charge in [-0.3, -0.25) is 5.41 Å². The lowest BCUT2D eigenvalue weighted by Crippen LogP contribution is -2.13. The fourth-order valence-corrected chi connectivity index (χ4v) is 2.23. The van der Waals surface area contributed by atoms with Gasteiger partial charge in [0.2, 0.25) is 0 Å². The zero-order valence-electron chi connectivity index (χ0n) is 9.34. The number of anilines is 1. The van der Waals surface area contributed by atoms with E-state index >= 15 is 0 Å². The molecule has 0 unspecified atom stereocenters. The Morgan fingerprint density at radius 1 is 1.47 bits per heavy atom. The molecule has 0 saturated heterocycles. The summed E-state index contributed by atoms with van der Waals surface area (Å²) in [6.45, 7) is 0. The molecule has 6 heteroatoms. The number of nitrogen functional groups attached to an aromatic ring is 2. The minimum absolute atomic E-state index is 0.0233. The second-order valence-corrected chi connectivity index (χ2v) is 4.63. The summed E-state index contributed by atoms with van der Waals surface area (Å²) in [7, 11) is 1.93. The van der Waals surface area contributed by atoms with Crippen LogP contribution in [0.25, 0.3) is 0 Å². The van der Waals surface area contributed by atoms with Gasteiger partial charge in [0.05, 0.1) is 0 Å². The highest BCUT2D eigenvalue weighted by Gasteiger charge is 2.07. The zero-order valence-corrected chi connectivity index (χ0v) is 10.2. The fourth-order valence-electron chi connectivity index (χ4n) is 1.39. The molecule has 0 saturated carbocycles. The molecule has 0 amide bonds. The van der Waals surface area contributed by atoms with Crippen LogP contribution in [0.3, 0.4) is 0 Å². The van der Waals surface area contributed by atoms with Gasteiger partial charge < -0.3 is 16.0 Å². The van der Waals surface area contributed by atoms with Crippen LogP contribution in [-0.2, 0) is 7.05 Å². The highest BCUT2D eigenvalue weighted by Crippen LogP contribution is 2.28. The van der Waals surface area contributed by atoms with Crippen molar-refractivity contribution in [2.75, 3.05) is 5.73 Å². The molecular weight excluding hydrogens is 234 g/mol. The third kappa shape index (κ3) is 2.42. The molecule has 1 aromatic heterocycles. The first-order chi connectivity index (χ1) is 8.08. The van der Waals surface area contributed by atoms with Crippen LogP contribution in [-0.4, -0.2) is 15.4 Å². The Balaban J connectivity index is 2.32. The van der Waals surface area contributed by atoms with Crippen molar-refractivity contribution in [1.82, 2.24) is 9.55 Å². The van der Waals surface area contributed by atoms with Crippen molar-refractivity contribution in [3.63, 3.8) is 0 Å². The summed E-state index contributed by atoms with van der Waals surface area (Å²) in [6.07, 6.45) is 3.62. The number of nitrogens with two attached hydrogens (primary N) is 2. The van der Waals surface area contributed by atoms with E-state index in [1.54, 1.807) is 18.3 Å². The zero-order chi connectivity index (χ0) is 12.4. The van der Waals surface area contributed by atoms with Gasteiger partial charge in [-0.15, -0.1) is 0 Å². The average Bonchev–Trinajstić information content (AvgIpc) is 2.67. The van der Waals surface area contributed by atoms with E-state index in [1.165, 1.54) is 11.8 Å². The van der Waals surface area contributed by atoms with Gasteiger partial charge in [-0.1, -0.05) is 11.8 Å². The van der Waals surface area contributed by atoms with Gasteiger partial charge in [0.1, 0.15) is 5.84 Å². The first-order valence-corrected chi connectivity index (χ1v) is 5.78. The summed E-state index contributed by atoms with van der Waals surface area (Å²) in [5, 5.41) is 8.31. The molecule has 0 atom stereocenters. The average molecular weight is 247 g/mol. The molecule has 0 spiro atoms. The maximum atomic E-state index is 7.43. The highest BCUT2D eigenvalue weighted by molar-refractivity contribution is 7.99. The molecule has 88 valence electrons. The lowest BCUT2D eigenvalue weighted by Gasteiger charge is -2.06. The van der Waals surface area contributed by atoms with Crippen LogP contribution in [0.2, 0.25) is 0 Å². The third-order valence-electron chi connectivity index (χ3n) is 2.30. The number of imidazole rings is 1. The molecule has 2 aromatic rings. The number of aromatic nitrogens is 2. The van der Waals surface area contributed by atoms with Gasteiger partial charge in [0.15, 0.2) is 5.16 Å². The van der Waals surface area contributed by atoms with Crippen LogP contribution in [0.4, 0.5) is 5.69 Å². The maximum Gasteiger partial charge on any atom is 0.172 e. The molecule has 0 aliphatic heterocycles. The second kappa shape index (κ2) is 4.50. The predicted molar refractivity (Wildman–Crippen MR) is 69.2 cm³/mol. The number of hydrogen-bond donors (Lipinski definition) is 3. The van der Waals surface area contributed by atoms with Crippen molar-refractivity contribution in [2.24, 2.45) is 12.8 Å². The van der Waals surface area contributed by atoms with Gasteiger partial charge >= 0.3 is 0 Å². The molecule has 17 heavy (non-hydrogen) atoms. The second-order valence-electron chi connectivity index (χ2n) is 3.59. The standard InChI is InChI=1S/C11H13N5S/c1-16-5-4-15-11(16)17-7-2-3-9(12)8(6-7)10(13)14/h2-6H,12H2,1H3,(H3,13,14). The third-order valence-corrected chi connectivity index (χ3v) is 3.37. The minimum atomic E-state index is -0.0233. The van der Waals surface area contributed by atoms with Gasteiger partial charge in [-0.2, -0.15) is 0 Å². The molecule has 5 nitrogen and oxygen atoms in total. The molecule has 5 N–H and O–H groups in total. The number of aryl methyl sites for hydroxylation is 1. The normalized spacial score (nSPS) is 10.4. The van der Waals surface area contributed by atoms with Gasteiger partial charge in [-0.05, 0) is 18.2 Å². The first-order valence-electron chi connectivity index (χ1n) is 4.97. The molecule has 0 fully saturated rings. The fraction of sp³-hybridized carbons (Fsp3) is 0.0909. The Morgan fingerprint density at radius 3 is 2.82 bits per heavy atom. The van der Waals surface area contributed by atoms with Gasteiger partial charge in [0, 0.05) is 35.6 Å².